The van der Waals surface area contributed by atoms with Crippen molar-refractivity contribution in [1.82, 2.24) is 0 Å². The average molecular weight is 258 g/mol. The van der Waals surface area contributed by atoms with Crippen molar-refractivity contribution in [3.63, 3.8) is 0 Å². The molecule has 2 N–H and O–H groups in total. The minimum atomic E-state index is -0.329. The molecule has 1 aliphatic carbocycles. The van der Waals surface area contributed by atoms with Crippen molar-refractivity contribution in [1.29, 1.82) is 5.26 Å². The number of ether oxygens (including phenoxy) is 1. The second kappa shape index (κ2) is 5.63. The Balaban J connectivity index is 1.99. The topological polar surface area (TPSA) is 59.0 Å². The molecule has 0 aliphatic heterocycles. The molecule has 19 heavy (non-hydrogen) atoms. The van der Waals surface area contributed by atoms with E-state index in [1.165, 1.54) is 17.5 Å². The quantitative estimate of drug-likeness (QED) is 0.901. The summed E-state index contributed by atoms with van der Waals surface area (Å²) in [5.74, 6) is 0.866. The van der Waals surface area contributed by atoms with E-state index in [2.05, 4.69) is 18.2 Å². The van der Waals surface area contributed by atoms with Crippen molar-refractivity contribution < 1.29 is 4.74 Å². The van der Waals surface area contributed by atoms with E-state index in [0.717, 1.165) is 25.0 Å². The molecule has 0 aromatic heterocycles. The van der Waals surface area contributed by atoms with E-state index < -0.39 is 0 Å². The van der Waals surface area contributed by atoms with Gasteiger partial charge in [-0.25, -0.2) is 0 Å². The van der Waals surface area contributed by atoms with Crippen LogP contribution in [0.2, 0.25) is 0 Å². The Morgan fingerprint density at radius 3 is 3.00 bits per heavy atom. The molecule has 1 aliphatic rings. The monoisotopic (exact) mass is 258 g/mol. The Morgan fingerprint density at radius 1 is 1.47 bits per heavy atom. The van der Waals surface area contributed by atoms with Gasteiger partial charge in [-0.3, -0.25) is 0 Å². The number of hydrogen-bond donors (Lipinski definition) is 1. The summed E-state index contributed by atoms with van der Waals surface area (Å²) in [4.78, 5) is 0. The Labute approximate surface area is 115 Å². The number of nitrogens with two attached hydrogens (primary N) is 1. The first kappa shape index (κ1) is 13.9. The van der Waals surface area contributed by atoms with Gasteiger partial charge in [0.25, 0.3) is 0 Å². The summed E-state index contributed by atoms with van der Waals surface area (Å²) in [5.41, 5.74) is 8.38. The zero-order valence-electron chi connectivity index (χ0n) is 11.8. The second-order valence-electron chi connectivity index (χ2n) is 5.95. The number of nitrogens with zero attached hydrogens (tertiary/aromatic N) is 1. The third-order valence-corrected chi connectivity index (χ3v) is 3.78. The van der Waals surface area contributed by atoms with Gasteiger partial charge in [0.2, 0.25) is 0 Å². The van der Waals surface area contributed by atoms with Crippen molar-refractivity contribution in [2.45, 2.75) is 45.6 Å². The van der Waals surface area contributed by atoms with Crippen LogP contribution in [0.1, 0.15) is 50.3 Å². The van der Waals surface area contributed by atoms with Gasteiger partial charge in [0.15, 0.2) is 0 Å². The molecule has 0 saturated carbocycles. The zero-order chi connectivity index (χ0) is 13.9. The lowest BCUT2D eigenvalue weighted by Crippen LogP contribution is -2.17. The maximum absolute atomic E-state index is 8.96. The van der Waals surface area contributed by atoms with Gasteiger partial charge in [-0.1, -0.05) is 6.07 Å². The summed E-state index contributed by atoms with van der Waals surface area (Å²) in [6.07, 6.45) is 4.07. The Morgan fingerprint density at radius 2 is 2.26 bits per heavy atom. The lowest BCUT2D eigenvalue weighted by Gasteiger charge is -2.23. The fourth-order valence-corrected chi connectivity index (χ4v) is 2.38. The van der Waals surface area contributed by atoms with E-state index in [-0.39, 0.29) is 11.5 Å². The lowest BCUT2D eigenvalue weighted by atomic mass is 9.88. The third-order valence-electron chi connectivity index (χ3n) is 3.78. The van der Waals surface area contributed by atoms with Crippen LogP contribution in [-0.4, -0.2) is 6.61 Å². The molecule has 3 heteroatoms. The van der Waals surface area contributed by atoms with Crippen molar-refractivity contribution in [2.75, 3.05) is 6.61 Å². The largest absolute Gasteiger partial charge is 0.494 e. The number of fused-ring (bicyclic) bond motifs is 1. The number of hydrogen-bond acceptors (Lipinski definition) is 3. The fraction of sp³-hybridized carbons (Fsp3) is 0.562. The summed E-state index contributed by atoms with van der Waals surface area (Å²) < 4.78 is 5.75. The lowest BCUT2D eigenvalue weighted by molar-refractivity contribution is 0.264. The van der Waals surface area contributed by atoms with Gasteiger partial charge in [0, 0.05) is 6.04 Å². The van der Waals surface area contributed by atoms with Crippen LogP contribution in [0.4, 0.5) is 0 Å². The highest BCUT2D eigenvalue weighted by Crippen LogP contribution is 2.31. The Hall–Kier alpha value is -1.53. The maximum atomic E-state index is 8.96. The molecular weight excluding hydrogens is 236 g/mol. The van der Waals surface area contributed by atoms with Crippen LogP contribution in [0.3, 0.4) is 0 Å². The van der Waals surface area contributed by atoms with Crippen LogP contribution in [0.25, 0.3) is 0 Å². The predicted octanol–water partition coefficient (Wildman–Crippen LogP) is 3.34. The van der Waals surface area contributed by atoms with Crippen LogP contribution in [0, 0.1) is 16.7 Å². The van der Waals surface area contributed by atoms with Gasteiger partial charge >= 0.3 is 0 Å². The van der Waals surface area contributed by atoms with Crippen LogP contribution >= 0.6 is 0 Å². The van der Waals surface area contributed by atoms with E-state index in [1.54, 1.807) is 0 Å². The molecule has 0 bridgehead atoms. The molecule has 0 spiro atoms. The van der Waals surface area contributed by atoms with Crippen molar-refractivity contribution in [3.05, 3.63) is 29.3 Å². The molecule has 0 amide bonds. The molecule has 0 fully saturated rings. The molecule has 3 nitrogen and oxygen atoms in total. The highest BCUT2D eigenvalue weighted by atomic mass is 16.5. The normalized spacial score (nSPS) is 18.5. The van der Waals surface area contributed by atoms with E-state index in [0.29, 0.717) is 6.61 Å². The standard InChI is InChI=1S/C16H22N2O/c1-16(2,11-17)8-9-19-13-7-6-12-4-3-5-15(18)14(12)10-13/h6-7,10,15H,3-5,8-9,18H2,1-2H3/t15-/m0/s1. The van der Waals surface area contributed by atoms with E-state index in [4.69, 9.17) is 15.7 Å². The van der Waals surface area contributed by atoms with Crippen molar-refractivity contribution in [2.24, 2.45) is 11.1 Å². The maximum Gasteiger partial charge on any atom is 0.119 e. The van der Waals surface area contributed by atoms with Crippen LogP contribution in [-0.2, 0) is 6.42 Å². The number of rotatable bonds is 4. The van der Waals surface area contributed by atoms with Gasteiger partial charge in [-0.05, 0) is 62.8 Å². The summed E-state index contributed by atoms with van der Waals surface area (Å²) in [6, 6.07) is 8.63. The highest BCUT2D eigenvalue weighted by Gasteiger charge is 2.18. The summed E-state index contributed by atoms with van der Waals surface area (Å²) >= 11 is 0. The summed E-state index contributed by atoms with van der Waals surface area (Å²) in [6.45, 7) is 4.42. The number of aryl methyl sites for hydroxylation is 1. The van der Waals surface area contributed by atoms with Crippen LogP contribution in [0.5, 0.6) is 5.75 Å². The highest BCUT2D eigenvalue weighted by molar-refractivity contribution is 5.39. The fourth-order valence-electron chi connectivity index (χ4n) is 2.38. The first-order valence-corrected chi connectivity index (χ1v) is 6.94. The SMILES string of the molecule is CC(C)(C#N)CCOc1ccc2c(c1)[C@@H](N)CCC2. The molecule has 1 aromatic carbocycles. The van der Waals surface area contributed by atoms with E-state index in [1.807, 2.05) is 19.9 Å². The first-order valence-electron chi connectivity index (χ1n) is 6.94. The van der Waals surface area contributed by atoms with Gasteiger partial charge in [0.1, 0.15) is 5.75 Å². The third kappa shape index (κ3) is 3.48. The number of nitriles is 1. The van der Waals surface area contributed by atoms with Crippen LogP contribution < -0.4 is 10.5 Å². The number of benzene rings is 1. The molecule has 0 heterocycles. The van der Waals surface area contributed by atoms with Gasteiger partial charge in [-0.2, -0.15) is 5.26 Å². The predicted molar refractivity (Wildman–Crippen MR) is 75.8 cm³/mol. The molecule has 102 valence electrons. The molecule has 1 aromatic rings. The van der Waals surface area contributed by atoms with Crippen molar-refractivity contribution >= 4 is 0 Å². The van der Waals surface area contributed by atoms with Crippen LogP contribution in [0.15, 0.2) is 18.2 Å². The molecule has 0 radical (unpaired) electrons. The zero-order valence-corrected chi connectivity index (χ0v) is 11.8. The molecule has 1 atom stereocenters. The Bertz CT molecular complexity index is 488. The minimum absolute atomic E-state index is 0.142. The summed E-state index contributed by atoms with van der Waals surface area (Å²) in [7, 11) is 0. The van der Waals surface area contributed by atoms with Crippen molar-refractivity contribution in [3.8, 4) is 11.8 Å². The second-order valence-corrected chi connectivity index (χ2v) is 5.95. The molecular formula is C16H22N2O. The molecule has 0 saturated heterocycles. The van der Waals surface area contributed by atoms with Gasteiger partial charge < -0.3 is 10.5 Å². The smallest absolute Gasteiger partial charge is 0.119 e. The first-order chi connectivity index (χ1) is 9.02. The Kier molecular flexibility index (Phi) is 4.11. The summed E-state index contributed by atoms with van der Waals surface area (Å²) in [5, 5.41) is 8.96. The average Bonchev–Trinajstić information content (AvgIpc) is 2.39. The molecule has 2 rings (SSSR count). The van der Waals surface area contributed by atoms with E-state index in [9.17, 15) is 0 Å². The van der Waals surface area contributed by atoms with E-state index >= 15 is 0 Å². The minimum Gasteiger partial charge on any atom is -0.494 e. The van der Waals surface area contributed by atoms with Gasteiger partial charge in [0.05, 0.1) is 18.1 Å². The molecule has 0 unspecified atom stereocenters. The van der Waals surface area contributed by atoms with Gasteiger partial charge in [-0.15, -0.1) is 0 Å².